The third-order valence-electron chi connectivity index (χ3n) is 3.00. The number of nitrogens with two attached hydrogens (primary N) is 1. The van der Waals surface area contributed by atoms with Crippen molar-refractivity contribution < 1.29 is 9.59 Å². The van der Waals surface area contributed by atoms with Crippen molar-refractivity contribution in [3.8, 4) is 0 Å². The molecular weight excluding hydrogens is 275 g/mol. The van der Waals surface area contributed by atoms with Gasteiger partial charge >= 0.3 is 0 Å². The smallest absolute Gasteiger partial charge is 0.256 e. The first kappa shape index (κ1) is 13.2. The van der Waals surface area contributed by atoms with E-state index in [-0.39, 0.29) is 10.9 Å². The maximum atomic E-state index is 12.3. The van der Waals surface area contributed by atoms with E-state index in [1.54, 1.807) is 12.1 Å². The molecule has 0 bridgehead atoms. The predicted octanol–water partition coefficient (Wildman–Crippen LogP) is 2.08. The molecule has 18 heavy (non-hydrogen) atoms. The zero-order chi connectivity index (χ0) is 13.3. The molecule has 1 saturated heterocycles. The highest BCUT2D eigenvalue weighted by Crippen LogP contribution is 2.25. The highest BCUT2D eigenvalue weighted by atomic mass is 35.5. The first-order valence-electron chi connectivity index (χ1n) is 5.56. The fourth-order valence-corrected chi connectivity index (χ4v) is 2.61. The van der Waals surface area contributed by atoms with Gasteiger partial charge in [-0.25, -0.2) is 0 Å². The summed E-state index contributed by atoms with van der Waals surface area (Å²) in [6.45, 7) is 0.519. The second-order valence-corrected chi connectivity index (χ2v) is 5.03. The number of likely N-dealkylation sites (tertiary alicyclic amines) is 1. The van der Waals surface area contributed by atoms with Crippen molar-refractivity contribution >= 4 is 35.0 Å². The normalized spacial score (nSPS) is 19.0. The molecule has 2 N–H and O–H groups in total. The molecule has 0 unspecified atom stereocenters. The Balaban J connectivity index is 2.28. The van der Waals surface area contributed by atoms with E-state index in [1.807, 2.05) is 0 Å². The largest absolute Gasteiger partial charge is 0.368 e. The highest BCUT2D eigenvalue weighted by Gasteiger charge is 2.33. The Morgan fingerprint density at radius 1 is 1.33 bits per heavy atom. The molecule has 4 nitrogen and oxygen atoms in total. The second kappa shape index (κ2) is 5.16. The van der Waals surface area contributed by atoms with Gasteiger partial charge in [0.1, 0.15) is 6.04 Å². The van der Waals surface area contributed by atoms with E-state index >= 15 is 0 Å². The van der Waals surface area contributed by atoms with Crippen LogP contribution in [0.1, 0.15) is 23.2 Å². The van der Waals surface area contributed by atoms with Gasteiger partial charge in [0.2, 0.25) is 5.91 Å². The number of carbonyl (C=O) groups is 2. The predicted molar refractivity (Wildman–Crippen MR) is 69.7 cm³/mol. The van der Waals surface area contributed by atoms with Crippen molar-refractivity contribution in [3.05, 3.63) is 33.8 Å². The molecule has 2 rings (SSSR count). The van der Waals surface area contributed by atoms with Crippen LogP contribution in [0.4, 0.5) is 0 Å². The summed E-state index contributed by atoms with van der Waals surface area (Å²) in [6, 6.07) is 4.12. The van der Waals surface area contributed by atoms with E-state index in [1.165, 1.54) is 11.0 Å². The molecule has 2 amide bonds. The van der Waals surface area contributed by atoms with E-state index in [4.69, 9.17) is 28.9 Å². The van der Waals surface area contributed by atoms with Gasteiger partial charge in [0.05, 0.1) is 10.6 Å². The number of hydrogen-bond donors (Lipinski definition) is 1. The monoisotopic (exact) mass is 286 g/mol. The lowest BCUT2D eigenvalue weighted by atomic mass is 10.1. The van der Waals surface area contributed by atoms with Crippen molar-refractivity contribution in [2.45, 2.75) is 18.9 Å². The number of halogens is 2. The van der Waals surface area contributed by atoms with Crippen LogP contribution in [-0.2, 0) is 4.79 Å². The van der Waals surface area contributed by atoms with Crippen LogP contribution in [-0.4, -0.2) is 29.3 Å². The lowest BCUT2D eigenvalue weighted by Gasteiger charge is -2.22. The average Bonchev–Trinajstić information content (AvgIpc) is 2.77. The van der Waals surface area contributed by atoms with Crippen LogP contribution in [0.15, 0.2) is 18.2 Å². The highest BCUT2D eigenvalue weighted by molar-refractivity contribution is 6.36. The molecule has 1 fully saturated rings. The van der Waals surface area contributed by atoms with Crippen LogP contribution in [0, 0.1) is 0 Å². The molecule has 0 spiro atoms. The van der Waals surface area contributed by atoms with E-state index in [0.29, 0.717) is 23.6 Å². The molecule has 6 heteroatoms. The maximum absolute atomic E-state index is 12.3. The van der Waals surface area contributed by atoms with Crippen molar-refractivity contribution in [1.29, 1.82) is 0 Å². The lowest BCUT2D eigenvalue weighted by molar-refractivity contribution is -0.121. The van der Waals surface area contributed by atoms with Gasteiger partial charge in [0.25, 0.3) is 5.91 Å². The van der Waals surface area contributed by atoms with E-state index in [0.717, 1.165) is 6.42 Å². The van der Waals surface area contributed by atoms with Crippen LogP contribution in [0.3, 0.4) is 0 Å². The summed E-state index contributed by atoms with van der Waals surface area (Å²) < 4.78 is 0. The Morgan fingerprint density at radius 2 is 2.06 bits per heavy atom. The van der Waals surface area contributed by atoms with Gasteiger partial charge in [-0.15, -0.1) is 0 Å². The van der Waals surface area contributed by atoms with Crippen molar-refractivity contribution in [1.82, 2.24) is 4.90 Å². The fourth-order valence-electron chi connectivity index (χ4n) is 2.12. The Bertz CT molecular complexity index is 505. The average molecular weight is 287 g/mol. The number of rotatable bonds is 2. The lowest BCUT2D eigenvalue weighted by Crippen LogP contribution is -2.43. The summed E-state index contributed by atoms with van der Waals surface area (Å²) in [6.07, 6.45) is 1.37. The topological polar surface area (TPSA) is 63.4 Å². The third-order valence-corrected chi connectivity index (χ3v) is 3.55. The Labute approximate surface area is 115 Å². The first-order chi connectivity index (χ1) is 8.50. The minimum Gasteiger partial charge on any atom is -0.368 e. The number of nitrogens with zero attached hydrogens (tertiary/aromatic N) is 1. The molecule has 96 valence electrons. The molecule has 0 saturated carbocycles. The van der Waals surface area contributed by atoms with E-state index in [2.05, 4.69) is 0 Å². The molecule has 1 aromatic rings. The fraction of sp³-hybridized carbons (Fsp3) is 0.333. The zero-order valence-electron chi connectivity index (χ0n) is 9.53. The minimum atomic E-state index is -0.538. The summed E-state index contributed by atoms with van der Waals surface area (Å²) in [5.41, 5.74) is 5.62. The molecule has 1 aliphatic rings. The van der Waals surface area contributed by atoms with Gasteiger partial charge in [-0.3, -0.25) is 9.59 Å². The van der Waals surface area contributed by atoms with Gasteiger partial charge in [0.15, 0.2) is 0 Å². The summed E-state index contributed by atoms with van der Waals surface area (Å²) in [7, 11) is 0. The van der Waals surface area contributed by atoms with Crippen molar-refractivity contribution in [2.75, 3.05) is 6.54 Å². The van der Waals surface area contributed by atoms with Crippen molar-refractivity contribution in [2.24, 2.45) is 5.73 Å². The van der Waals surface area contributed by atoms with Crippen LogP contribution in [0.5, 0.6) is 0 Å². The quantitative estimate of drug-likeness (QED) is 0.905. The van der Waals surface area contributed by atoms with Crippen LogP contribution >= 0.6 is 23.2 Å². The van der Waals surface area contributed by atoms with Gasteiger partial charge in [0, 0.05) is 11.6 Å². The molecule has 1 heterocycles. The minimum absolute atomic E-state index is 0.280. The second-order valence-electron chi connectivity index (χ2n) is 4.18. The number of carbonyl (C=O) groups excluding carboxylic acids is 2. The molecule has 1 aromatic carbocycles. The van der Waals surface area contributed by atoms with E-state index in [9.17, 15) is 9.59 Å². The molecule has 0 aliphatic carbocycles. The van der Waals surface area contributed by atoms with Crippen LogP contribution in [0.2, 0.25) is 10.0 Å². The maximum Gasteiger partial charge on any atom is 0.256 e. The van der Waals surface area contributed by atoms with E-state index < -0.39 is 11.9 Å². The third kappa shape index (κ3) is 2.44. The van der Waals surface area contributed by atoms with Gasteiger partial charge in [-0.1, -0.05) is 23.2 Å². The molecule has 1 aliphatic heterocycles. The number of benzene rings is 1. The Kier molecular flexibility index (Phi) is 3.78. The van der Waals surface area contributed by atoms with Crippen LogP contribution in [0.25, 0.3) is 0 Å². The SMILES string of the molecule is NC(=O)[C@H]1CCCN1C(=O)c1ccc(Cl)cc1Cl. The van der Waals surface area contributed by atoms with Gasteiger partial charge in [-0.2, -0.15) is 0 Å². The first-order valence-corrected chi connectivity index (χ1v) is 6.31. The molecule has 0 radical (unpaired) electrons. The summed E-state index contributed by atoms with van der Waals surface area (Å²) in [4.78, 5) is 25.0. The standard InChI is InChI=1S/C12H12Cl2N2O2/c13-7-3-4-8(9(14)6-7)12(18)16-5-1-2-10(16)11(15)17/h3-4,6,10H,1-2,5H2,(H2,15,17)/t10-/m1/s1. The summed E-state index contributed by atoms with van der Waals surface area (Å²) in [5, 5.41) is 0.743. The van der Waals surface area contributed by atoms with Gasteiger partial charge in [-0.05, 0) is 31.0 Å². The summed E-state index contributed by atoms with van der Waals surface area (Å²) in [5.74, 6) is -0.760. The molecular formula is C12H12Cl2N2O2. The van der Waals surface area contributed by atoms with Gasteiger partial charge < -0.3 is 10.6 Å². The Morgan fingerprint density at radius 3 is 2.67 bits per heavy atom. The molecule has 0 aromatic heterocycles. The Hall–Kier alpha value is -1.26. The van der Waals surface area contributed by atoms with Crippen LogP contribution < -0.4 is 5.73 Å². The number of primary amides is 1. The molecule has 1 atom stereocenters. The number of hydrogen-bond acceptors (Lipinski definition) is 2. The van der Waals surface area contributed by atoms with Crippen molar-refractivity contribution in [3.63, 3.8) is 0 Å². The summed E-state index contributed by atoms with van der Waals surface area (Å²) >= 11 is 11.8. The zero-order valence-corrected chi connectivity index (χ0v) is 11.0. The number of amides is 2.